The summed E-state index contributed by atoms with van der Waals surface area (Å²) in [5.74, 6) is 0.574. The third kappa shape index (κ3) is 3.09. The van der Waals surface area contributed by atoms with E-state index in [1.807, 2.05) is 11.9 Å². The van der Waals surface area contributed by atoms with Crippen LogP contribution in [0, 0.1) is 6.92 Å². The number of sulfonamides is 1. The van der Waals surface area contributed by atoms with Gasteiger partial charge in [0.2, 0.25) is 0 Å². The first-order chi connectivity index (χ1) is 10.9. The molecule has 0 spiro atoms. The highest BCUT2D eigenvalue weighted by Gasteiger charge is 2.21. The van der Waals surface area contributed by atoms with Gasteiger partial charge in [-0.05, 0) is 36.8 Å². The van der Waals surface area contributed by atoms with Crippen LogP contribution in [0.2, 0.25) is 5.02 Å². The zero-order chi connectivity index (χ0) is 16.6. The summed E-state index contributed by atoms with van der Waals surface area (Å²) in [4.78, 5) is 2.19. The molecule has 0 aromatic heterocycles. The Balaban J connectivity index is 1.95. The smallest absolute Gasteiger partial charge is 0.262 e. The molecule has 23 heavy (non-hydrogen) atoms. The third-order valence-corrected chi connectivity index (χ3v) is 5.62. The van der Waals surface area contributed by atoms with Crippen LogP contribution in [0.3, 0.4) is 0 Å². The van der Waals surface area contributed by atoms with Crippen LogP contribution in [0.5, 0.6) is 5.75 Å². The van der Waals surface area contributed by atoms with Gasteiger partial charge in [0.15, 0.2) is 0 Å². The van der Waals surface area contributed by atoms with Gasteiger partial charge < -0.3 is 9.64 Å². The van der Waals surface area contributed by atoms with Crippen LogP contribution in [0.1, 0.15) is 5.56 Å². The van der Waals surface area contributed by atoms with E-state index in [1.54, 1.807) is 43.3 Å². The summed E-state index contributed by atoms with van der Waals surface area (Å²) >= 11 is 6.04. The summed E-state index contributed by atoms with van der Waals surface area (Å²) in [5.41, 5.74) is 2.04. The molecule has 3 rings (SSSR count). The van der Waals surface area contributed by atoms with Crippen LogP contribution in [-0.2, 0) is 10.0 Å². The predicted octanol–water partition coefficient (Wildman–Crippen LogP) is 3.28. The van der Waals surface area contributed by atoms with Crippen LogP contribution in [0.15, 0.2) is 41.3 Å². The van der Waals surface area contributed by atoms with E-state index in [2.05, 4.69) is 4.72 Å². The Morgan fingerprint density at radius 2 is 2.04 bits per heavy atom. The van der Waals surface area contributed by atoms with Gasteiger partial charge in [-0.25, -0.2) is 8.42 Å². The van der Waals surface area contributed by atoms with Gasteiger partial charge in [0.1, 0.15) is 12.4 Å². The molecule has 2 aromatic carbocycles. The highest BCUT2D eigenvalue weighted by atomic mass is 35.5. The Kier molecular flexibility index (Phi) is 4.12. The Hall–Kier alpha value is -1.92. The van der Waals surface area contributed by atoms with Crippen molar-refractivity contribution in [3.8, 4) is 5.75 Å². The number of nitrogens with one attached hydrogen (secondary N) is 1. The van der Waals surface area contributed by atoms with Crippen molar-refractivity contribution in [2.24, 2.45) is 0 Å². The van der Waals surface area contributed by atoms with Gasteiger partial charge in [0.05, 0.1) is 22.8 Å². The quantitative estimate of drug-likeness (QED) is 0.921. The molecule has 0 aliphatic carbocycles. The summed E-state index contributed by atoms with van der Waals surface area (Å²) in [7, 11) is -1.76. The van der Waals surface area contributed by atoms with E-state index in [4.69, 9.17) is 16.3 Å². The van der Waals surface area contributed by atoms with Gasteiger partial charge in [0.25, 0.3) is 10.0 Å². The van der Waals surface area contributed by atoms with E-state index in [-0.39, 0.29) is 4.90 Å². The molecule has 0 unspecified atom stereocenters. The third-order valence-electron chi connectivity index (χ3n) is 3.85. The minimum absolute atomic E-state index is 0.158. The molecule has 0 atom stereocenters. The minimum Gasteiger partial charge on any atom is -0.490 e. The monoisotopic (exact) mass is 352 g/mol. The Labute approximate surface area is 140 Å². The van der Waals surface area contributed by atoms with Gasteiger partial charge in [-0.15, -0.1) is 0 Å². The standard InChI is InChI=1S/C16H17ClN2O3S/c1-11-13(17)4-3-5-14(11)18-23(20,21)12-6-7-15-16(10-12)22-9-8-19(15)2/h3-7,10,18H,8-9H2,1-2H3. The number of rotatable bonds is 3. The fourth-order valence-corrected chi connectivity index (χ4v) is 3.74. The van der Waals surface area contributed by atoms with Crippen molar-refractivity contribution in [2.75, 3.05) is 29.8 Å². The van der Waals surface area contributed by atoms with Crippen LogP contribution in [0.25, 0.3) is 0 Å². The second-order valence-corrected chi connectivity index (χ2v) is 7.51. The summed E-state index contributed by atoms with van der Waals surface area (Å²) in [6.45, 7) is 3.08. The topological polar surface area (TPSA) is 58.6 Å². The Bertz CT molecular complexity index is 852. The average molecular weight is 353 g/mol. The van der Waals surface area contributed by atoms with E-state index < -0.39 is 10.0 Å². The number of ether oxygens (including phenoxy) is 1. The minimum atomic E-state index is -3.71. The van der Waals surface area contributed by atoms with Crippen molar-refractivity contribution in [3.63, 3.8) is 0 Å². The average Bonchev–Trinajstić information content (AvgIpc) is 2.52. The Morgan fingerprint density at radius 3 is 2.83 bits per heavy atom. The molecular formula is C16H17ClN2O3S. The van der Waals surface area contributed by atoms with Crippen LogP contribution < -0.4 is 14.4 Å². The molecule has 0 amide bonds. The first kappa shape index (κ1) is 16.0. The van der Waals surface area contributed by atoms with Gasteiger partial charge >= 0.3 is 0 Å². The van der Waals surface area contributed by atoms with Gasteiger partial charge in [-0.1, -0.05) is 17.7 Å². The summed E-state index contributed by atoms with van der Waals surface area (Å²) in [5, 5.41) is 0.514. The number of fused-ring (bicyclic) bond motifs is 1. The fraction of sp³-hybridized carbons (Fsp3) is 0.250. The molecule has 1 aliphatic rings. The van der Waals surface area contributed by atoms with Gasteiger partial charge in [-0.3, -0.25) is 4.72 Å². The molecule has 0 bridgehead atoms. The maximum Gasteiger partial charge on any atom is 0.262 e. The fourth-order valence-electron chi connectivity index (χ4n) is 2.43. The van der Waals surface area contributed by atoms with E-state index in [1.165, 1.54) is 0 Å². The molecule has 0 saturated carbocycles. The number of benzene rings is 2. The number of likely N-dealkylation sites (N-methyl/N-ethyl adjacent to an activating group) is 1. The molecule has 1 N–H and O–H groups in total. The molecule has 0 saturated heterocycles. The number of halogens is 1. The van der Waals surface area contributed by atoms with Crippen molar-refractivity contribution in [2.45, 2.75) is 11.8 Å². The molecule has 0 fully saturated rings. The second-order valence-electron chi connectivity index (χ2n) is 5.42. The van der Waals surface area contributed by atoms with Crippen molar-refractivity contribution in [1.29, 1.82) is 0 Å². The molecule has 1 aliphatic heterocycles. The van der Waals surface area contributed by atoms with Gasteiger partial charge in [0, 0.05) is 18.1 Å². The van der Waals surface area contributed by atoms with Crippen molar-refractivity contribution in [1.82, 2.24) is 0 Å². The highest BCUT2D eigenvalue weighted by Crippen LogP contribution is 2.33. The van der Waals surface area contributed by atoms with E-state index >= 15 is 0 Å². The zero-order valence-corrected chi connectivity index (χ0v) is 14.4. The first-order valence-electron chi connectivity index (χ1n) is 7.14. The van der Waals surface area contributed by atoms with E-state index in [0.717, 1.165) is 12.2 Å². The lowest BCUT2D eigenvalue weighted by molar-refractivity contribution is 0.310. The van der Waals surface area contributed by atoms with Crippen LogP contribution in [0.4, 0.5) is 11.4 Å². The first-order valence-corrected chi connectivity index (χ1v) is 9.00. The van der Waals surface area contributed by atoms with Crippen LogP contribution >= 0.6 is 11.6 Å². The SMILES string of the molecule is Cc1c(Cl)cccc1NS(=O)(=O)c1ccc2c(c1)OCCN2C. The maximum atomic E-state index is 12.6. The molecule has 122 valence electrons. The lowest BCUT2D eigenvalue weighted by Crippen LogP contribution is -2.29. The molecule has 0 radical (unpaired) electrons. The van der Waals surface area contributed by atoms with Crippen molar-refractivity contribution in [3.05, 3.63) is 47.0 Å². The number of nitrogens with zero attached hydrogens (tertiary/aromatic N) is 1. The summed E-state index contributed by atoms with van der Waals surface area (Å²) in [6.07, 6.45) is 0. The van der Waals surface area contributed by atoms with Crippen molar-refractivity contribution < 1.29 is 13.2 Å². The number of hydrogen-bond acceptors (Lipinski definition) is 4. The molecule has 5 nitrogen and oxygen atoms in total. The summed E-state index contributed by atoms with van der Waals surface area (Å²) in [6, 6.07) is 9.99. The molecular weight excluding hydrogens is 336 g/mol. The normalized spacial score (nSPS) is 14.1. The van der Waals surface area contributed by atoms with Crippen LogP contribution in [-0.4, -0.2) is 28.6 Å². The highest BCUT2D eigenvalue weighted by molar-refractivity contribution is 7.92. The van der Waals surface area contributed by atoms with E-state index in [0.29, 0.717) is 28.6 Å². The lowest BCUT2D eigenvalue weighted by atomic mass is 10.2. The maximum absolute atomic E-state index is 12.6. The zero-order valence-electron chi connectivity index (χ0n) is 12.8. The largest absolute Gasteiger partial charge is 0.490 e. The molecule has 1 heterocycles. The Morgan fingerprint density at radius 1 is 1.26 bits per heavy atom. The number of anilines is 2. The number of hydrogen-bond donors (Lipinski definition) is 1. The van der Waals surface area contributed by atoms with Gasteiger partial charge in [-0.2, -0.15) is 0 Å². The molecule has 2 aromatic rings. The second kappa shape index (κ2) is 5.94. The van der Waals surface area contributed by atoms with Crippen molar-refractivity contribution >= 4 is 33.0 Å². The van der Waals surface area contributed by atoms with E-state index in [9.17, 15) is 8.42 Å². The predicted molar refractivity (Wildman–Crippen MR) is 92.2 cm³/mol. The summed E-state index contributed by atoms with van der Waals surface area (Å²) < 4.78 is 33.4. The molecule has 7 heteroatoms. The lowest BCUT2D eigenvalue weighted by Gasteiger charge is -2.27.